The average molecular weight is 473 g/mol. The van der Waals surface area contributed by atoms with E-state index in [4.69, 9.17) is 0 Å². The Morgan fingerprint density at radius 2 is 1.68 bits per heavy atom. The third-order valence-electron chi connectivity index (χ3n) is 3.29. The molecule has 0 amide bonds. The quantitative estimate of drug-likeness (QED) is 0.468. The normalized spacial score (nSPS) is 12.5. The lowest BCUT2D eigenvalue weighted by Crippen LogP contribution is -2.27. The Labute approximate surface area is 147 Å². The molecule has 1 unspecified atom stereocenters. The number of aliphatic carboxylic acids is 1. The first-order chi connectivity index (χ1) is 10.5. The summed E-state index contributed by atoms with van der Waals surface area (Å²) in [5.41, 5.74) is 1.59. The Kier molecular flexibility index (Phi) is 4.09. The van der Waals surface area contributed by atoms with E-state index in [9.17, 15) is 14.7 Å². The van der Waals surface area contributed by atoms with Crippen LogP contribution in [0.5, 0.6) is 0 Å². The number of imidazole rings is 1. The SMILES string of the molecule is O=C(O)C(I)n1c(=O)n(-c2ccc(Br)cc2)c2ccccc21. The Balaban J connectivity index is 2.36. The van der Waals surface area contributed by atoms with E-state index in [0.29, 0.717) is 16.7 Å². The van der Waals surface area contributed by atoms with Crippen molar-refractivity contribution in [1.82, 2.24) is 9.13 Å². The first kappa shape index (κ1) is 15.3. The second-order valence-electron chi connectivity index (χ2n) is 4.63. The third kappa shape index (κ3) is 2.48. The number of halogens is 2. The van der Waals surface area contributed by atoms with Gasteiger partial charge in [-0.3, -0.25) is 9.13 Å². The van der Waals surface area contributed by atoms with E-state index in [-0.39, 0.29) is 5.69 Å². The summed E-state index contributed by atoms with van der Waals surface area (Å²) >= 11 is 5.11. The number of carboxylic acid groups (broad SMARTS) is 1. The van der Waals surface area contributed by atoms with Crippen LogP contribution < -0.4 is 5.69 Å². The first-order valence-electron chi connectivity index (χ1n) is 6.35. The lowest BCUT2D eigenvalue weighted by atomic mass is 10.3. The van der Waals surface area contributed by atoms with Gasteiger partial charge >= 0.3 is 11.7 Å². The van der Waals surface area contributed by atoms with E-state index in [0.717, 1.165) is 4.47 Å². The summed E-state index contributed by atoms with van der Waals surface area (Å²) in [5, 5.41) is 9.25. The average Bonchev–Trinajstić information content (AvgIpc) is 2.79. The molecule has 0 aliphatic heterocycles. The molecule has 22 heavy (non-hydrogen) atoms. The molecule has 0 fully saturated rings. The lowest BCUT2D eigenvalue weighted by molar-refractivity contribution is -0.137. The second-order valence-corrected chi connectivity index (χ2v) is 6.72. The van der Waals surface area contributed by atoms with Gasteiger partial charge in [0.25, 0.3) is 0 Å². The molecule has 2 aromatic carbocycles. The fourth-order valence-electron chi connectivity index (χ4n) is 2.34. The van der Waals surface area contributed by atoms with Crippen LogP contribution in [0.25, 0.3) is 16.7 Å². The molecule has 5 nitrogen and oxygen atoms in total. The predicted molar refractivity (Wildman–Crippen MR) is 95.9 cm³/mol. The fourth-order valence-corrected chi connectivity index (χ4v) is 3.14. The highest BCUT2D eigenvalue weighted by Gasteiger charge is 2.23. The summed E-state index contributed by atoms with van der Waals surface area (Å²) in [4.78, 5) is 24.1. The summed E-state index contributed by atoms with van der Waals surface area (Å²) in [6.45, 7) is 0. The van der Waals surface area contributed by atoms with E-state index in [2.05, 4.69) is 15.9 Å². The predicted octanol–water partition coefficient (Wildman–Crippen LogP) is 3.57. The molecular formula is C15H10BrIN2O3. The van der Waals surface area contributed by atoms with Crippen LogP contribution >= 0.6 is 38.5 Å². The molecule has 0 aliphatic carbocycles. The van der Waals surface area contributed by atoms with E-state index in [1.54, 1.807) is 40.8 Å². The smallest absolute Gasteiger partial charge is 0.337 e. The highest BCUT2D eigenvalue weighted by molar-refractivity contribution is 14.1. The second kappa shape index (κ2) is 5.88. The van der Waals surface area contributed by atoms with E-state index >= 15 is 0 Å². The van der Waals surface area contributed by atoms with Crippen molar-refractivity contribution in [2.75, 3.05) is 0 Å². The number of rotatable bonds is 3. The number of fused-ring (bicyclic) bond motifs is 1. The number of carboxylic acids is 1. The zero-order chi connectivity index (χ0) is 15.9. The van der Waals surface area contributed by atoms with Gasteiger partial charge in [0, 0.05) is 4.47 Å². The molecule has 1 atom stereocenters. The van der Waals surface area contributed by atoms with Crippen LogP contribution in [0.3, 0.4) is 0 Å². The number of alkyl halides is 1. The van der Waals surface area contributed by atoms with Crippen LogP contribution in [0.15, 0.2) is 57.8 Å². The zero-order valence-electron chi connectivity index (χ0n) is 11.1. The van der Waals surface area contributed by atoms with Gasteiger partial charge in [0.2, 0.25) is 0 Å². The Bertz CT molecular complexity index is 915. The minimum absolute atomic E-state index is 0.370. The number of carbonyl (C=O) groups is 1. The highest BCUT2D eigenvalue weighted by atomic mass is 127. The maximum Gasteiger partial charge on any atom is 0.337 e. The molecule has 3 aromatic rings. The third-order valence-corrected chi connectivity index (χ3v) is 4.91. The summed E-state index contributed by atoms with van der Waals surface area (Å²) < 4.78 is 2.76. The van der Waals surface area contributed by atoms with Crippen molar-refractivity contribution in [3.63, 3.8) is 0 Å². The molecule has 1 aromatic heterocycles. The molecule has 112 valence electrons. The standard InChI is InChI=1S/C15H10BrIN2O3/c16-9-5-7-10(8-6-9)18-11-3-1-2-4-12(11)19(15(18)22)13(17)14(20)21/h1-8,13H,(H,20,21). The van der Waals surface area contributed by atoms with Gasteiger partial charge < -0.3 is 5.11 Å². The number of aromatic nitrogens is 2. The fraction of sp³-hybridized carbons (Fsp3) is 0.0667. The van der Waals surface area contributed by atoms with Gasteiger partial charge in [0.05, 0.1) is 16.7 Å². The van der Waals surface area contributed by atoms with Crippen LogP contribution in [-0.4, -0.2) is 20.2 Å². The molecular weight excluding hydrogens is 463 g/mol. The minimum Gasteiger partial charge on any atom is -0.479 e. The Hall–Kier alpha value is -1.61. The van der Waals surface area contributed by atoms with Gasteiger partial charge in [-0.2, -0.15) is 0 Å². The number of para-hydroxylation sites is 2. The summed E-state index contributed by atoms with van der Waals surface area (Å²) in [6.07, 6.45) is 0. The summed E-state index contributed by atoms with van der Waals surface area (Å²) in [6, 6.07) is 14.5. The molecule has 0 saturated carbocycles. The summed E-state index contributed by atoms with van der Waals surface area (Å²) in [7, 11) is 0. The molecule has 0 radical (unpaired) electrons. The van der Waals surface area contributed by atoms with Crippen molar-refractivity contribution in [3.05, 3.63) is 63.5 Å². The molecule has 7 heteroatoms. The number of nitrogens with zero attached hydrogens (tertiary/aromatic N) is 2. The minimum atomic E-state index is -1.05. The number of benzene rings is 2. The maximum atomic E-state index is 12.8. The van der Waals surface area contributed by atoms with Crippen LogP contribution in [0.2, 0.25) is 0 Å². The molecule has 0 bridgehead atoms. The molecule has 0 spiro atoms. The summed E-state index contributed by atoms with van der Waals surface area (Å²) in [5.74, 6) is -1.05. The van der Waals surface area contributed by atoms with Crippen molar-refractivity contribution in [2.24, 2.45) is 0 Å². The van der Waals surface area contributed by atoms with Crippen molar-refractivity contribution in [3.8, 4) is 5.69 Å². The highest BCUT2D eigenvalue weighted by Crippen LogP contribution is 2.24. The zero-order valence-corrected chi connectivity index (χ0v) is 14.9. The first-order valence-corrected chi connectivity index (χ1v) is 8.39. The molecule has 1 N–H and O–H groups in total. The van der Waals surface area contributed by atoms with E-state index in [1.165, 1.54) is 9.13 Å². The Morgan fingerprint density at radius 3 is 2.27 bits per heavy atom. The monoisotopic (exact) mass is 472 g/mol. The molecule has 0 aliphatic rings. The van der Waals surface area contributed by atoms with Crippen LogP contribution in [0, 0.1) is 0 Å². The topological polar surface area (TPSA) is 64.2 Å². The van der Waals surface area contributed by atoms with Gasteiger partial charge in [0.15, 0.2) is 4.05 Å². The maximum absolute atomic E-state index is 12.8. The van der Waals surface area contributed by atoms with Gasteiger partial charge in [-0.1, -0.05) is 28.1 Å². The van der Waals surface area contributed by atoms with Crippen LogP contribution in [0.1, 0.15) is 4.05 Å². The van der Waals surface area contributed by atoms with Crippen molar-refractivity contribution in [1.29, 1.82) is 0 Å². The molecule has 3 rings (SSSR count). The number of hydrogen-bond donors (Lipinski definition) is 1. The van der Waals surface area contributed by atoms with E-state index < -0.39 is 10.0 Å². The largest absolute Gasteiger partial charge is 0.479 e. The van der Waals surface area contributed by atoms with Gasteiger partial charge in [-0.15, -0.1) is 0 Å². The lowest BCUT2D eigenvalue weighted by Gasteiger charge is -2.06. The van der Waals surface area contributed by atoms with Crippen molar-refractivity contribution >= 4 is 55.5 Å². The molecule has 0 saturated heterocycles. The van der Waals surface area contributed by atoms with Crippen molar-refractivity contribution in [2.45, 2.75) is 4.05 Å². The number of hydrogen-bond acceptors (Lipinski definition) is 2. The van der Waals surface area contributed by atoms with Gasteiger partial charge in [-0.25, -0.2) is 9.59 Å². The molecule has 1 heterocycles. The van der Waals surface area contributed by atoms with Crippen LogP contribution in [0.4, 0.5) is 0 Å². The Morgan fingerprint density at radius 1 is 1.09 bits per heavy atom. The van der Waals surface area contributed by atoms with Crippen LogP contribution in [-0.2, 0) is 4.79 Å². The van der Waals surface area contributed by atoms with Gasteiger partial charge in [-0.05, 0) is 59.0 Å². The van der Waals surface area contributed by atoms with E-state index in [1.807, 2.05) is 30.3 Å². The van der Waals surface area contributed by atoms with Gasteiger partial charge in [0.1, 0.15) is 0 Å². The van der Waals surface area contributed by atoms with Crippen molar-refractivity contribution < 1.29 is 9.90 Å².